The molecule has 0 aromatic heterocycles. The lowest BCUT2D eigenvalue weighted by Crippen LogP contribution is -2.18. The molecule has 0 saturated heterocycles. The Bertz CT molecular complexity index is 1040. The number of benzene rings is 2. The summed E-state index contributed by atoms with van der Waals surface area (Å²) in [5, 5.41) is 0. The molecule has 2 aromatic rings. The first-order valence-corrected chi connectivity index (χ1v) is 14.7. The van der Waals surface area contributed by atoms with Crippen molar-refractivity contribution in [2.24, 2.45) is 17.8 Å². The predicted octanol–water partition coefficient (Wildman–Crippen LogP) is 11.1. The molecule has 4 rings (SSSR count). The van der Waals surface area contributed by atoms with Crippen LogP contribution in [0, 0.1) is 35.2 Å². The van der Waals surface area contributed by atoms with Crippen molar-refractivity contribution in [3.05, 3.63) is 53.3 Å². The van der Waals surface area contributed by atoms with Crippen LogP contribution in [0.25, 0.3) is 11.1 Å². The maximum absolute atomic E-state index is 15.0. The molecule has 0 aliphatic heterocycles. The van der Waals surface area contributed by atoms with Gasteiger partial charge in [0.25, 0.3) is 0 Å². The van der Waals surface area contributed by atoms with Gasteiger partial charge in [-0.2, -0.15) is 0 Å². The number of halogens is 6. The van der Waals surface area contributed by atoms with Crippen LogP contribution < -0.4 is 4.74 Å². The van der Waals surface area contributed by atoms with Crippen LogP contribution in [-0.2, 0) is 0 Å². The van der Waals surface area contributed by atoms with Crippen molar-refractivity contribution in [2.75, 3.05) is 0 Å². The molecule has 39 heavy (non-hydrogen) atoms. The third-order valence-corrected chi connectivity index (χ3v) is 8.97. The number of rotatable bonds is 10. The van der Waals surface area contributed by atoms with Gasteiger partial charge in [-0.3, -0.25) is 0 Å². The Kier molecular flexibility index (Phi) is 10.3. The number of ether oxygens (including phenoxy) is 1. The lowest BCUT2D eigenvalue weighted by Gasteiger charge is -2.30. The summed E-state index contributed by atoms with van der Waals surface area (Å²) in [5.41, 5.74) is -0.0478. The van der Waals surface area contributed by atoms with Crippen molar-refractivity contribution in [1.29, 1.82) is 0 Å². The van der Waals surface area contributed by atoms with Crippen LogP contribution in [0.15, 0.2) is 30.3 Å². The number of unbranched alkanes of at least 4 members (excludes halogenated alkanes) is 1. The highest BCUT2D eigenvalue weighted by atomic mass is 19.4. The van der Waals surface area contributed by atoms with E-state index in [4.69, 9.17) is 0 Å². The highest BCUT2D eigenvalue weighted by Crippen LogP contribution is 2.41. The molecular formula is C32H40F6O. The average Bonchev–Trinajstić information content (AvgIpc) is 2.88. The Morgan fingerprint density at radius 2 is 1.21 bits per heavy atom. The minimum atomic E-state index is -5.06. The Morgan fingerprint density at radius 3 is 1.69 bits per heavy atom. The Labute approximate surface area is 228 Å². The van der Waals surface area contributed by atoms with Gasteiger partial charge in [0.1, 0.15) is 11.6 Å². The molecule has 0 heterocycles. The lowest BCUT2D eigenvalue weighted by atomic mass is 9.76. The molecule has 0 atom stereocenters. The van der Waals surface area contributed by atoms with Crippen molar-refractivity contribution in [1.82, 2.24) is 0 Å². The maximum Gasteiger partial charge on any atom is 0.573 e. The van der Waals surface area contributed by atoms with E-state index in [1.165, 1.54) is 76.3 Å². The molecule has 0 bridgehead atoms. The molecule has 2 aromatic carbocycles. The van der Waals surface area contributed by atoms with Crippen molar-refractivity contribution in [3.8, 4) is 16.9 Å². The highest BCUT2D eigenvalue weighted by molar-refractivity contribution is 5.66. The molecule has 1 nitrogen and oxygen atoms in total. The molecule has 2 aliphatic carbocycles. The average molecular weight is 555 g/mol. The van der Waals surface area contributed by atoms with Crippen LogP contribution in [-0.4, -0.2) is 6.36 Å². The van der Waals surface area contributed by atoms with Gasteiger partial charge < -0.3 is 4.74 Å². The van der Waals surface area contributed by atoms with Gasteiger partial charge in [0, 0.05) is 0 Å². The third-order valence-electron chi connectivity index (χ3n) is 8.97. The lowest BCUT2D eigenvalue weighted by molar-refractivity contribution is -0.275. The van der Waals surface area contributed by atoms with E-state index in [9.17, 15) is 26.3 Å². The Balaban J connectivity index is 1.25. The van der Waals surface area contributed by atoms with Crippen molar-refractivity contribution in [3.63, 3.8) is 0 Å². The normalized spacial score (nSPS) is 24.1. The Hall–Kier alpha value is -2.18. The first-order chi connectivity index (χ1) is 18.6. The van der Waals surface area contributed by atoms with Gasteiger partial charge in [0.05, 0.1) is 5.56 Å². The largest absolute Gasteiger partial charge is 0.573 e. The van der Waals surface area contributed by atoms with E-state index in [0.29, 0.717) is 17.5 Å². The summed E-state index contributed by atoms with van der Waals surface area (Å²) < 4.78 is 84.8. The molecule has 7 heteroatoms. The summed E-state index contributed by atoms with van der Waals surface area (Å²) in [5.74, 6) is -1.49. The summed E-state index contributed by atoms with van der Waals surface area (Å²) in [6.07, 6.45) is 12.2. The molecule has 2 saturated carbocycles. The first-order valence-electron chi connectivity index (χ1n) is 14.7. The molecule has 0 radical (unpaired) electrons. The van der Waals surface area contributed by atoms with Gasteiger partial charge in [-0.1, -0.05) is 77.2 Å². The van der Waals surface area contributed by atoms with Crippen LogP contribution in [0.2, 0.25) is 0 Å². The van der Waals surface area contributed by atoms with Gasteiger partial charge in [0.2, 0.25) is 0 Å². The van der Waals surface area contributed by atoms with Crippen molar-refractivity contribution >= 4 is 0 Å². The zero-order valence-electron chi connectivity index (χ0n) is 22.8. The van der Waals surface area contributed by atoms with Crippen LogP contribution >= 0.6 is 0 Å². The second-order valence-corrected chi connectivity index (χ2v) is 11.7. The monoisotopic (exact) mass is 554 g/mol. The predicted molar refractivity (Wildman–Crippen MR) is 142 cm³/mol. The second kappa shape index (κ2) is 13.5. The highest BCUT2D eigenvalue weighted by Gasteiger charge is 2.32. The molecule has 2 aliphatic rings. The summed E-state index contributed by atoms with van der Waals surface area (Å²) in [6.45, 7) is 2.28. The minimum Gasteiger partial charge on any atom is -0.403 e. The van der Waals surface area contributed by atoms with Gasteiger partial charge in [-0.05, 0) is 84.7 Å². The zero-order chi connectivity index (χ0) is 28.0. The van der Waals surface area contributed by atoms with Crippen molar-refractivity contribution < 1.29 is 31.1 Å². The van der Waals surface area contributed by atoms with E-state index in [1.54, 1.807) is 0 Å². The summed E-state index contributed by atoms with van der Waals surface area (Å²) in [6, 6.07) is 4.98. The van der Waals surface area contributed by atoms with E-state index in [2.05, 4.69) is 11.7 Å². The van der Waals surface area contributed by atoms with E-state index < -0.39 is 35.1 Å². The fourth-order valence-electron chi connectivity index (χ4n) is 6.84. The Morgan fingerprint density at radius 1 is 0.692 bits per heavy atom. The molecular weight excluding hydrogens is 514 g/mol. The van der Waals surface area contributed by atoms with Crippen LogP contribution in [0.4, 0.5) is 26.3 Å². The number of hydrogen-bond acceptors (Lipinski definition) is 1. The number of hydrogen-bond donors (Lipinski definition) is 0. The smallest absolute Gasteiger partial charge is 0.403 e. The van der Waals surface area contributed by atoms with Gasteiger partial charge in [0.15, 0.2) is 11.6 Å². The van der Waals surface area contributed by atoms with Crippen LogP contribution in [0.3, 0.4) is 0 Å². The SMILES string of the molecule is CCCC1CCC(CCCCC2CCC(c3cc(F)c(-c4ccc(OC(F)(F)F)c(F)c4)c(F)c3)CC2)CC1. The fraction of sp³-hybridized carbons (Fsp3) is 0.625. The minimum absolute atomic E-state index is 0.0666. The molecule has 2 fully saturated rings. The molecule has 0 amide bonds. The second-order valence-electron chi connectivity index (χ2n) is 11.7. The topological polar surface area (TPSA) is 9.23 Å². The van der Waals surface area contributed by atoms with Gasteiger partial charge in [-0.25, -0.2) is 13.2 Å². The third kappa shape index (κ3) is 8.40. The van der Waals surface area contributed by atoms with Crippen molar-refractivity contribution in [2.45, 2.75) is 109 Å². The van der Waals surface area contributed by atoms with E-state index >= 15 is 0 Å². The number of alkyl halides is 3. The van der Waals surface area contributed by atoms with Crippen LogP contribution in [0.1, 0.15) is 108 Å². The molecule has 0 unspecified atom stereocenters. The van der Waals surface area contributed by atoms with E-state index in [1.807, 2.05) is 0 Å². The summed E-state index contributed by atoms with van der Waals surface area (Å²) >= 11 is 0. The zero-order valence-corrected chi connectivity index (χ0v) is 22.8. The van der Waals surface area contributed by atoms with Crippen LogP contribution in [0.5, 0.6) is 5.75 Å². The maximum atomic E-state index is 15.0. The fourth-order valence-corrected chi connectivity index (χ4v) is 6.84. The molecule has 216 valence electrons. The van der Waals surface area contributed by atoms with E-state index in [-0.39, 0.29) is 11.5 Å². The first kappa shape index (κ1) is 29.8. The van der Waals surface area contributed by atoms with Gasteiger partial charge >= 0.3 is 6.36 Å². The summed E-state index contributed by atoms with van der Waals surface area (Å²) in [7, 11) is 0. The quantitative estimate of drug-likeness (QED) is 0.210. The van der Waals surface area contributed by atoms with Gasteiger partial charge in [-0.15, -0.1) is 13.2 Å². The standard InChI is InChI=1S/C32H40F6O/c1-2-5-21-8-10-22(11-9-21)6-3-4-7-23-12-14-24(15-13-23)26-19-28(34)31(29(35)20-26)25-16-17-30(27(33)18-25)39-32(36,37)38/h16-24H,2-15H2,1H3. The molecule has 0 spiro atoms. The molecule has 0 N–H and O–H groups in total. The summed E-state index contributed by atoms with van der Waals surface area (Å²) in [4.78, 5) is 0. The van der Waals surface area contributed by atoms with E-state index in [0.717, 1.165) is 49.7 Å².